The second kappa shape index (κ2) is 9.57. The summed E-state index contributed by atoms with van der Waals surface area (Å²) in [6, 6.07) is 6.38. The number of likely N-dealkylation sites (N-methyl/N-ethyl adjacent to an activating group) is 1. The summed E-state index contributed by atoms with van der Waals surface area (Å²) in [4.78, 5) is 36.0. The quantitative estimate of drug-likeness (QED) is 0.831. The minimum absolute atomic E-state index is 0.206. The fourth-order valence-electron chi connectivity index (χ4n) is 2.50. The predicted molar refractivity (Wildman–Crippen MR) is 97.2 cm³/mol. The molecule has 2 rings (SSSR count). The number of rotatable bonds is 5. The normalized spacial score (nSPS) is 15.9. The van der Waals surface area contributed by atoms with E-state index in [1.54, 1.807) is 25.3 Å². The van der Waals surface area contributed by atoms with Crippen LogP contribution in [0.3, 0.4) is 0 Å². The molecule has 0 saturated heterocycles. The second-order valence-corrected chi connectivity index (χ2v) is 5.73. The van der Waals surface area contributed by atoms with Gasteiger partial charge < -0.3 is 10.0 Å². The number of hydrogen-bond donors (Lipinski definition) is 1. The van der Waals surface area contributed by atoms with Crippen molar-refractivity contribution in [3.8, 4) is 0 Å². The fraction of sp³-hybridized carbons (Fsp3) is 0.350. The van der Waals surface area contributed by atoms with Gasteiger partial charge in [0.25, 0.3) is 5.91 Å². The lowest BCUT2D eigenvalue weighted by atomic mass is 9.91. The Morgan fingerprint density at radius 2 is 1.84 bits per heavy atom. The lowest BCUT2D eigenvalue weighted by molar-refractivity contribution is -0.126. The zero-order chi connectivity index (χ0) is 19.0. The summed E-state index contributed by atoms with van der Waals surface area (Å²) in [5.74, 6) is -0.943. The molecule has 1 aromatic carbocycles. The summed E-state index contributed by atoms with van der Waals surface area (Å²) in [6.07, 6.45) is 5.07. The third-order valence-electron chi connectivity index (χ3n) is 3.79. The van der Waals surface area contributed by atoms with Crippen LogP contribution in [0.4, 0.5) is 0 Å². The zero-order valence-corrected chi connectivity index (χ0v) is 15.2. The summed E-state index contributed by atoms with van der Waals surface area (Å²) in [6.45, 7) is 6.34. The van der Waals surface area contributed by atoms with E-state index in [2.05, 4.69) is 0 Å². The predicted octanol–water partition coefficient (Wildman–Crippen LogP) is 3.46. The molecule has 1 aliphatic rings. The van der Waals surface area contributed by atoms with Gasteiger partial charge in [-0.1, -0.05) is 45.1 Å². The maximum absolute atomic E-state index is 12.5. The molecule has 134 valence electrons. The molecule has 1 N–H and O–H groups in total. The number of carboxylic acid groups (broad SMARTS) is 1. The molecule has 0 saturated carbocycles. The number of nitrogens with zero attached hydrogens (tertiary/aromatic N) is 1. The summed E-state index contributed by atoms with van der Waals surface area (Å²) in [5, 5.41) is 8.88. The van der Waals surface area contributed by atoms with Crippen molar-refractivity contribution < 1.29 is 19.5 Å². The Hall–Kier alpha value is -2.69. The molecule has 1 atom stereocenters. The van der Waals surface area contributed by atoms with Crippen LogP contribution in [0, 0.1) is 5.92 Å². The molecule has 0 aromatic heterocycles. The topological polar surface area (TPSA) is 74.7 Å². The van der Waals surface area contributed by atoms with E-state index in [-0.39, 0.29) is 17.4 Å². The van der Waals surface area contributed by atoms with Crippen molar-refractivity contribution in [2.45, 2.75) is 33.7 Å². The zero-order valence-electron chi connectivity index (χ0n) is 15.2. The van der Waals surface area contributed by atoms with Crippen LogP contribution in [-0.2, 0) is 16.1 Å². The first kappa shape index (κ1) is 20.4. The van der Waals surface area contributed by atoms with E-state index in [1.165, 1.54) is 17.0 Å². The average Bonchev–Trinajstić information content (AvgIpc) is 2.63. The Kier molecular flexibility index (Phi) is 7.79. The van der Waals surface area contributed by atoms with Gasteiger partial charge in [0.05, 0.1) is 5.56 Å². The highest BCUT2D eigenvalue weighted by Gasteiger charge is 2.21. The van der Waals surface area contributed by atoms with Gasteiger partial charge >= 0.3 is 5.97 Å². The van der Waals surface area contributed by atoms with Crippen molar-refractivity contribution in [3.63, 3.8) is 0 Å². The number of carbonyl (C=O) groups is 3. The van der Waals surface area contributed by atoms with Gasteiger partial charge in [-0.15, -0.1) is 0 Å². The molecule has 0 bridgehead atoms. The molecule has 0 radical (unpaired) electrons. The van der Waals surface area contributed by atoms with E-state index < -0.39 is 5.97 Å². The number of aromatic carboxylic acids is 1. The van der Waals surface area contributed by atoms with Crippen molar-refractivity contribution in [1.29, 1.82) is 0 Å². The molecule has 0 fully saturated rings. The van der Waals surface area contributed by atoms with Gasteiger partial charge in [0, 0.05) is 24.7 Å². The van der Waals surface area contributed by atoms with Crippen LogP contribution in [0.15, 0.2) is 47.6 Å². The van der Waals surface area contributed by atoms with Gasteiger partial charge in [-0.05, 0) is 30.0 Å². The number of aldehydes is 1. The van der Waals surface area contributed by atoms with E-state index in [9.17, 15) is 14.4 Å². The highest BCUT2D eigenvalue weighted by Crippen LogP contribution is 2.23. The number of amides is 1. The molecule has 1 amide bonds. The van der Waals surface area contributed by atoms with Gasteiger partial charge in [0.2, 0.25) is 0 Å². The van der Waals surface area contributed by atoms with E-state index in [0.29, 0.717) is 17.7 Å². The average molecular weight is 343 g/mol. The van der Waals surface area contributed by atoms with Crippen molar-refractivity contribution in [3.05, 3.63) is 58.7 Å². The molecule has 1 aromatic rings. The molecule has 5 heteroatoms. The first-order chi connectivity index (χ1) is 11.9. The van der Waals surface area contributed by atoms with Crippen LogP contribution in [0.25, 0.3) is 0 Å². The number of carboxylic acids is 1. The number of carbonyl (C=O) groups excluding carboxylic acids is 2. The van der Waals surface area contributed by atoms with Crippen LogP contribution >= 0.6 is 0 Å². The van der Waals surface area contributed by atoms with Crippen LogP contribution in [0.5, 0.6) is 0 Å². The standard InChI is InChI=1S/C18H19NO4.C2H6/c1-12-3-8-16(15(9-12)11-20)17(21)19(2)10-13-4-6-14(7-5-13)18(22)23;1-2/h4-9,11-12H,3,10H2,1-2H3,(H,22,23);1-2H3. The molecular weight excluding hydrogens is 318 g/mol. The highest BCUT2D eigenvalue weighted by atomic mass is 16.4. The Bertz CT molecular complexity index is 686. The van der Waals surface area contributed by atoms with Crippen molar-refractivity contribution >= 4 is 18.2 Å². The minimum Gasteiger partial charge on any atom is -0.478 e. The summed E-state index contributed by atoms with van der Waals surface area (Å²) in [7, 11) is 1.66. The Morgan fingerprint density at radius 1 is 1.24 bits per heavy atom. The first-order valence-corrected chi connectivity index (χ1v) is 8.37. The molecule has 25 heavy (non-hydrogen) atoms. The fourth-order valence-corrected chi connectivity index (χ4v) is 2.50. The van der Waals surface area contributed by atoms with Crippen molar-refractivity contribution in [2.75, 3.05) is 7.05 Å². The van der Waals surface area contributed by atoms with E-state index in [1.807, 2.05) is 26.8 Å². The summed E-state index contributed by atoms with van der Waals surface area (Å²) >= 11 is 0. The monoisotopic (exact) mass is 343 g/mol. The molecule has 0 heterocycles. The van der Waals surface area contributed by atoms with Gasteiger partial charge in [0.15, 0.2) is 6.29 Å². The third-order valence-corrected chi connectivity index (χ3v) is 3.79. The molecule has 1 unspecified atom stereocenters. The number of hydrogen-bond acceptors (Lipinski definition) is 3. The largest absolute Gasteiger partial charge is 0.478 e. The molecule has 1 aliphatic carbocycles. The highest BCUT2D eigenvalue weighted by molar-refractivity contribution is 6.05. The number of benzene rings is 1. The molecule has 0 spiro atoms. The van der Waals surface area contributed by atoms with Crippen LogP contribution in [0.2, 0.25) is 0 Å². The van der Waals surface area contributed by atoms with Crippen LogP contribution < -0.4 is 0 Å². The molecule has 5 nitrogen and oxygen atoms in total. The molecule has 0 aliphatic heterocycles. The van der Waals surface area contributed by atoms with E-state index in [0.717, 1.165) is 18.3 Å². The molecular formula is C20H25NO4. The van der Waals surface area contributed by atoms with E-state index >= 15 is 0 Å². The van der Waals surface area contributed by atoms with E-state index in [4.69, 9.17) is 5.11 Å². The smallest absolute Gasteiger partial charge is 0.335 e. The Balaban J connectivity index is 0.00000151. The van der Waals surface area contributed by atoms with Gasteiger partial charge in [0.1, 0.15) is 0 Å². The Labute approximate surface area is 148 Å². The summed E-state index contributed by atoms with van der Waals surface area (Å²) < 4.78 is 0. The second-order valence-electron chi connectivity index (χ2n) is 5.73. The van der Waals surface area contributed by atoms with Gasteiger partial charge in [-0.3, -0.25) is 9.59 Å². The van der Waals surface area contributed by atoms with Gasteiger partial charge in [-0.2, -0.15) is 0 Å². The van der Waals surface area contributed by atoms with Crippen LogP contribution in [0.1, 0.15) is 43.1 Å². The maximum Gasteiger partial charge on any atom is 0.335 e. The SMILES string of the molecule is CC.CC1C=C(C=O)C(C(=O)N(C)Cc2ccc(C(=O)O)cc2)=CC1. The van der Waals surface area contributed by atoms with Crippen molar-refractivity contribution in [1.82, 2.24) is 4.90 Å². The van der Waals surface area contributed by atoms with Crippen LogP contribution in [-0.4, -0.2) is 35.2 Å². The lowest BCUT2D eigenvalue weighted by Crippen LogP contribution is -2.29. The first-order valence-electron chi connectivity index (χ1n) is 8.37. The minimum atomic E-state index is -0.983. The number of allylic oxidation sites excluding steroid dienone is 2. The maximum atomic E-state index is 12.5. The summed E-state index contributed by atoms with van der Waals surface area (Å²) in [5.41, 5.74) is 1.90. The Morgan fingerprint density at radius 3 is 2.36 bits per heavy atom. The van der Waals surface area contributed by atoms with Crippen molar-refractivity contribution in [2.24, 2.45) is 5.92 Å². The third kappa shape index (κ3) is 5.41. The lowest BCUT2D eigenvalue weighted by Gasteiger charge is -2.22. The van der Waals surface area contributed by atoms with Gasteiger partial charge in [-0.25, -0.2) is 4.79 Å².